The second kappa shape index (κ2) is 6.97. The first-order valence-electron chi connectivity index (χ1n) is 8.34. The smallest absolute Gasteiger partial charge is 0.214 e. The van der Waals surface area contributed by atoms with Gasteiger partial charge in [-0.2, -0.15) is 5.10 Å². The molecule has 1 aliphatic carbocycles. The van der Waals surface area contributed by atoms with E-state index in [-0.39, 0.29) is 5.25 Å². The van der Waals surface area contributed by atoms with Crippen molar-refractivity contribution in [2.45, 2.75) is 57.1 Å². The van der Waals surface area contributed by atoms with Gasteiger partial charge in [-0.15, -0.1) is 0 Å². The summed E-state index contributed by atoms with van der Waals surface area (Å²) in [6, 6.07) is 1.93. The van der Waals surface area contributed by atoms with Gasteiger partial charge in [-0.1, -0.05) is 19.3 Å². The summed E-state index contributed by atoms with van der Waals surface area (Å²) >= 11 is 0. The maximum absolute atomic E-state index is 12.2. The highest BCUT2D eigenvalue weighted by molar-refractivity contribution is 7.90. The van der Waals surface area contributed by atoms with Gasteiger partial charge < -0.3 is 0 Å². The van der Waals surface area contributed by atoms with E-state index in [1.165, 1.54) is 0 Å². The number of hydrogen-bond acceptors (Lipinski definition) is 4. The number of hydrogen-bond donors (Lipinski definition) is 1. The van der Waals surface area contributed by atoms with E-state index in [1.807, 2.05) is 25.4 Å². The van der Waals surface area contributed by atoms with E-state index in [0.717, 1.165) is 61.9 Å². The lowest BCUT2D eigenvalue weighted by atomic mass is 10.0. The molecule has 0 spiro atoms. The zero-order chi connectivity index (χ0) is 16.3. The maximum atomic E-state index is 12.2. The molecule has 0 radical (unpaired) electrons. The molecule has 1 N–H and O–H groups in total. The minimum Gasteiger partial charge on any atom is -0.237 e. The topological polar surface area (TPSA) is 76.4 Å². The monoisotopic (exact) mass is 336 g/mol. The number of aromatic nitrogens is 3. The lowest BCUT2D eigenvalue weighted by Crippen LogP contribution is -2.36. The number of aryl methyl sites for hydroxylation is 2. The van der Waals surface area contributed by atoms with Crippen molar-refractivity contribution in [1.29, 1.82) is 0 Å². The summed E-state index contributed by atoms with van der Waals surface area (Å²) in [6.45, 7) is 2.42. The Hall–Kier alpha value is -1.47. The summed E-state index contributed by atoms with van der Waals surface area (Å²) in [5.41, 5.74) is 2.84. The van der Waals surface area contributed by atoms with Crippen molar-refractivity contribution in [2.75, 3.05) is 6.54 Å². The van der Waals surface area contributed by atoms with E-state index in [0.29, 0.717) is 6.54 Å². The lowest BCUT2D eigenvalue weighted by Gasteiger charge is -2.21. The van der Waals surface area contributed by atoms with Gasteiger partial charge >= 0.3 is 0 Å². The predicted molar refractivity (Wildman–Crippen MR) is 89.8 cm³/mol. The van der Waals surface area contributed by atoms with Crippen molar-refractivity contribution in [3.63, 3.8) is 0 Å². The Labute approximate surface area is 137 Å². The molecule has 2 aromatic heterocycles. The maximum Gasteiger partial charge on any atom is 0.214 e. The van der Waals surface area contributed by atoms with E-state index < -0.39 is 10.0 Å². The van der Waals surface area contributed by atoms with Crippen LogP contribution in [0.1, 0.15) is 49.8 Å². The fourth-order valence-electron chi connectivity index (χ4n) is 3.16. The summed E-state index contributed by atoms with van der Waals surface area (Å²) in [7, 11) is -3.15. The summed E-state index contributed by atoms with van der Waals surface area (Å²) in [6.07, 6.45) is 10.2. The summed E-state index contributed by atoms with van der Waals surface area (Å²) in [5.74, 6) is 0. The molecular formula is C16H24N4O2S. The molecule has 0 unspecified atom stereocenters. The molecule has 6 nitrogen and oxygen atoms in total. The van der Waals surface area contributed by atoms with Gasteiger partial charge in [0.25, 0.3) is 0 Å². The van der Waals surface area contributed by atoms with Crippen molar-refractivity contribution in [2.24, 2.45) is 0 Å². The molecule has 1 aliphatic rings. The molecule has 0 atom stereocenters. The van der Waals surface area contributed by atoms with Crippen LogP contribution in [0.15, 0.2) is 18.5 Å². The molecule has 126 valence electrons. The van der Waals surface area contributed by atoms with Crippen LogP contribution in [0.25, 0.3) is 5.65 Å². The second-order valence-electron chi connectivity index (χ2n) is 6.35. The molecule has 23 heavy (non-hydrogen) atoms. The van der Waals surface area contributed by atoms with Gasteiger partial charge in [0.2, 0.25) is 10.0 Å². The first kappa shape index (κ1) is 16.4. The average Bonchev–Trinajstić information content (AvgIpc) is 2.92. The molecule has 2 heterocycles. The largest absolute Gasteiger partial charge is 0.237 e. The lowest BCUT2D eigenvalue weighted by molar-refractivity contribution is 0.477. The third-order valence-corrected chi connectivity index (χ3v) is 6.38. The van der Waals surface area contributed by atoms with Crippen molar-refractivity contribution >= 4 is 15.7 Å². The van der Waals surface area contributed by atoms with E-state index in [2.05, 4.69) is 14.8 Å². The highest BCUT2D eigenvalue weighted by Crippen LogP contribution is 2.22. The quantitative estimate of drug-likeness (QED) is 0.821. The molecule has 0 aliphatic heterocycles. The van der Waals surface area contributed by atoms with E-state index >= 15 is 0 Å². The van der Waals surface area contributed by atoms with Gasteiger partial charge in [-0.05, 0) is 38.2 Å². The Kier molecular flexibility index (Phi) is 4.96. The molecule has 1 saturated carbocycles. The van der Waals surface area contributed by atoms with Crippen LogP contribution >= 0.6 is 0 Å². The molecule has 0 bridgehead atoms. The molecular weight excluding hydrogens is 312 g/mol. The van der Waals surface area contributed by atoms with E-state index in [9.17, 15) is 8.42 Å². The van der Waals surface area contributed by atoms with Crippen LogP contribution in [0.2, 0.25) is 0 Å². The molecule has 3 rings (SSSR count). The summed E-state index contributed by atoms with van der Waals surface area (Å²) < 4.78 is 29.0. The van der Waals surface area contributed by atoms with Crippen LogP contribution in [0.5, 0.6) is 0 Å². The fourth-order valence-corrected chi connectivity index (χ4v) is 4.78. The number of nitrogens with zero attached hydrogens (tertiary/aromatic N) is 3. The Balaban J connectivity index is 1.50. The van der Waals surface area contributed by atoms with Gasteiger partial charge in [0.05, 0.1) is 10.9 Å². The zero-order valence-electron chi connectivity index (χ0n) is 13.5. The van der Waals surface area contributed by atoms with Gasteiger partial charge in [0.1, 0.15) is 0 Å². The van der Waals surface area contributed by atoms with E-state index in [1.54, 1.807) is 4.52 Å². The van der Waals surface area contributed by atoms with Crippen molar-refractivity contribution in [3.8, 4) is 0 Å². The normalized spacial score (nSPS) is 16.9. The third kappa shape index (κ3) is 4.09. The first-order chi connectivity index (χ1) is 11.0. The molecule has 0 amide bonds. The van der Waals surface area contributed by atoms with Gasteiger partial charge in [-0.25, -0.2) is 22.6 Å². The Bertz CT molecular complexity index is 763. The van der Waals surface area contributed by atoms with Crippen LogP contribution in [0, 0.1) is 6.92 Å². The summed E-state index contributed by atoms with van der Waals surface area (Å²) in [5, 5.41) is 4.15. The van der Waals surface area contributed by atoms with Crippen LogP contribution in [-0.2, 0) is 16.4 Å². The van der Waals surface area contributed by atoms with Gasteiger partial charge in [0, 0.05) is 25.0 Å². The third-order valence-electron chi connectivity index (χ3n) is 4.43. The molecule has 7 heteroatoms. The minimum atomic E-state index is -3.15. The first-order valence-corrected chi connectivity index (χ1v) is 9.89. The van der Waals surface area contributed by atoms with Gasteiger partial charge in [-0.3, -0.25) is 0 Å². The standard InChI is InChI=1S/C16H24N4O2S/c1-13-10-16-17-11-14(12-20(16)19-13)6-5-9-18-23(21,22)15-7-3-2-4-8-15/h10-12,15,18H,2-9H2,1H3. The Morgan fingerprint density at radius 3 is 2.87 bits per heavy atom. The van der Waals surface area contributed by atoms with Crippen molar-refractivity contribution < 1.29 is 8.42 Å². The van der Waals surface area contributed by atoms with Crippen molar-refractivity contribution in [1.82, 2.24) is 19.3 Å². The number of rotatable bonds is 6. The van der Waals surface area contributed by atoms with Crippen LogP contribution in [0.4, 0.5) is 0 Å². The Morgan fingerprint density at radius 2 is 2.09 bits per heavy atom. The SMILES string of the molecule is Cc1cc2ncc(CCCNS(=O)(=O)C3CCCCC3)cn2n1. The van der Waals surface area contributed by atoms with Crippen molar-refractivity contribution in [3.05, 3.63) is 29.7 Å². The fraction of sp³-hybridized carbons (Fsp3) is 0.625. The predicted octanol–water partition coefficient (Wildman–Crippen LogP) is 2.22. The average molecular weight is 336 g/mol. The number of fused-ring (bicyclic) bond motifs is 1. The summed E-state index contributed by atoms with van der Waals surface area (Å²) in [4.78, 5) is 4.36. The highest BCUT2D eigenvalue weighted by atomic mass is 32.2. The minimum absolute atomic E-state index is 0.193. The van der Waals surface area contributed by atoms with Crippen LogP contribution in [-0.4, -0.2) is 34.8 Å². The highest BCUT2D eigenvalue weighted by Gasteiger charge is 2.26. The molecule has 0 saturated heterocycles. The molecule has 1 fully saturated rings. The van der Waals surface area contributed by atoms with Crippen LogP contribution in [0.3, 0.4) is 0 Å². The Morgan fingerprint density at radius 1 is 1.30 bits per heavy atom. The van der Waals surface area contributed by atoms with Gasteiger partial charge in [0.15, 0.2) is 5.65 Å². The molecule has 0 aromatic carbocycles. The number of nitrogens with one attached hydrogen (secondary N) is 1. The second-order valence-corrected chi connectivity index (χ2v) is 8.40. The zero-order valence-corrected chi connectivity index (χ0v) is 14.3. The van der Waals surface area contributed by atoms with E-state index in [4.69, 9.17) is 0 Å². The number of sulfonamides is 1. The molecule has 2 aromatic rings. The van der Waals surface area contributed by atoms with Crippen LogP contribution < -0.4 is 4.72 Å².